The van der Waals surface area contributed by atoms with Gasteiger partial charge in [0.2, 0.25) is 0 Å². The molecule has 0 aliphatic rings. The summed E-state index contributed by atoms with van der Waals surface area (Å²) >= 11 is 1.41. The van der Waals surface area contributed by atoms with Gasteiger partial charge in [0, 0.05) is 17.8 Å². The summed E-state index contributed by atoms with van der Waals surface area (Å²) in [5.41, 5.74) is 0. The van der Waals surface area contributed by atoms with E-state index in [2.05, 4.69) is 0 Å². The minimum atomic E-state index is -0.572. The molecule has 0 fully saturated rings. The molecule has 0 saturated carbocycles. The van der Waals surface area contributed by atoms with E-state index < -0.39 is 6.10 Å². The highest BCUT2D eigenvalue weighted by Gasteiger charge is 2.09. The maximum atomic E-state index is 12.9. The number of halogens is 1. The summed E-state index contributed by atoms with van der Waals surface area (Å²) in [6.45, 7) is 2.65. The zero-order chi connectivity index (χ0) is 13.4. The van der Waals surface area contributed by atoms with Crippen molar-refractivity contribution in [3.05, 3.63) is 30.1 Å². The normalized spacial score (nSPS) is 14.4. The summed E-state index contributed by atoms with van der Waals surface area (Å²) in [6, 6.07) is 6.32. The molecule has 1 N–H and O–H groups in total. The number of aliphatic hydroxyl groups excluding tert-OH is 1. The number of ether oxygens (including phenoxy) is 2. The van der Waals surface area contributed by atoms with E-state index in [1.54, 1.807) is 13.2 Å². The Morgan fingerprint density at radius 3 is 2.83 bits per heavy atom. The first-order valence-corrected chi connectivity index (χ1v) is 6.77. The quantitative estimate of drug-likeness (QED) is 0.738. The van der Waals surface area contributed by atoms with Gasteiger partial charge in [-0.25, -0.2) is 4.39 Å². The van der Waals surface area contributed by atoms with Crippen LogP contribution < -0.4 is 0 Å². The highest BCUT2D eigenvalue weighted by atomic mass is 32.2. The Labute approximate surface area is 111 Å². The van der Waals surface area contributed by atoms with E-state index in [9.17, 15) is 9.50 Å². The Hall–Kier alpha value is -0.620. The first-order chi connectivity index (χ1) is 8.61. The number of rotatable bonds is 8. The van der Waals surface area contributed by atoms with E-state index in [-0.39, 0.29) is 18.5 Å². The van der Waals surface area contributed by atoms with Gasteiger partial charge in [0.05, 0.1) is 25.4 Å². The van der Waals surface area contributed by atoms with E-state index in [1.807, 2.05) is 13.0 Å². The van der Waals surface area contributed by atoms with Gasteiger partial charge in [-0.2, -0.15) is 0 Å². The monoisotopic (exact) mass is 274 g/mol. The lowest BCUT2D eigenvalue weighted by molar-refractivity contribution is -0.0257. The molecule has 1 aromatic rings. The van der Waals surface area contributed by atoms with Crippen molar-refractivity contribution < 1.29 is 19.0 Å². The van der Waals surface area contributed by atoms with E-state index >= 15 is 0 Å². The van der Waals surface area contributed by atoms with Crippen molar-refractivity contribution in [2.24, 2.45) is 0 Å². The van der Waals surface area contributed by atoms with Gasteiger partial charge < -0.3 is 14.6 Å². The third kappa shape index (κ3) is 6.35. The van der Waals surface area contributed by atoms with Gasteiger partial charge in [-0.3, -0.25) is 0 Å². The molecule has 0 aliphatic carbocycles. The molecule has 0 amide bonds. The molecule has 18 heavy (non-hydrogen) atoms. The summed E-state index contributed by atoms with van der Waals surface area (Å²) in [5, 5.41) is 9.72. The maximum Gasteiger partial charge on any atom is 0.124 e. The highest BCUT2D eigenvalue weighted by molar-refractivity contribution is 7.99. The smallest absolute Gasteiger partial charge is 0.124 e. The predicted molar refractivity (Wildman–Crippen MR) is 70.4 cm³/mol. The third-order valence-electron chi connectivity index (χ3n) is 2.21. The Morgan fingerprint density at radius 1 is 1.39 bits per heavy atom. The van der Waals surface area contributed by atoms with Crippen molar-refractivity contribution in [1.29, 1.82) is 0 Å². The molecular weight excluding hydrogens is 255 g/mol. The second kappa shape index (κ2) is 8.48. The van der Waals surface area contributed by atoms with Crippen LogP contribution in [-0.4, -0.2) is 43.4 Å². The van der Waals surface area contributed by atoms with Crippen molar-refractivity contribution >= 4 is 11.8 Å². The zero-order valence-electron chi connectivity index (χ0n) is 10.6. The van der Waals surface area contributed by atoms with Crippen molar-refractivity contribution in [1.82, 2.24) is 0 Å². The van der Waals surface area contributed by atoms with Crippen LogP contribution in [0.4, 0.5) is 4.39 Å². The molecular formula is C13H19FO3S. The van der Waals surface area contributed by atoms with Crippen LogP contribution in [-0.2, 0) is 9.47 Å². The zero-order valence-corrected chi connectivity index (χ0v) is 11.5. The summed E-state index contributed by atoms with van der Waals surface area (Å²) in [5.74, 6) is 0.211. The van der Waals surface area contributed by atoms with Crippen LogP contribution >= 0.6 is 11.8 Å². The van der Waals surface area contributed by atoms with Gasteiger partial charge in [-0.15, -0.1) is 11.8 Å². The number of hydrogen-bond acceptors (Lipinski definition) is 4. The van der Waals surface area contributed by atoms with Gasteiger partial charge in [-0.05, 0) is 25.1 Å². The van der Waals surface area contributed by atoms with Gasteiger partial charge in [-0.1, -0.05) is 6.07 Å². The van der Waals surface area contributed by atoms with Gasteiger partial charge in [0.15, 0.2) is 0 Å². The van der Waals surface area contributed by atoms with Gasteiger partial charge >= 0.3 is 0 Å². The topological polar surface area (TPSA) is 38.7 Å². The Kier molecular flexibility index (Phi) is 7.27. The Bertz CT molecular complexity index is 349. The lowest BCUT2D eigenvalue weighted by atomic mass is 10.3. The molecule has 0 aromatic heterocycles. The minimum absolute atomic E-state index is 0.0381. The maximum absolute atomic E-state index is 12.9. The van der Waals surface area contributed by atoms with Crippen molar-refractivity contribution in [2.75, 3.05) is 26.1 Å². The first kappa shape index (κ1) is 15.4. The fourth-order valence-corrected chi connectivity index (χ4v) is 2.21. The summed E-state index contributed by atoms with van der Waals surface area (Å²) in [6.07, 6.45) is -0.610. The number of hydrogen-bond donors (Lipinski definition) is 1. The lowest BCUT2D eigenvalue weighted by Crippen LogP contribution is -2.24. The van der Waals surface area contributed by atoms with Crippen LogP contribution in [0, 0.1) is 5.82 Å². The van der Waals surface area contributed by atoms with Crippen molar-refractivity contribution in [3.63, 3.8) is 0 Å². The molecule has 0 radical (unpaired) electrons. The molecule has 0 spiro atoms. The van der Waals surface area contributed by atoms with Crippen LogP contribution in [0.5, 0.6) is 0 Å². The number of aliphatic hydroxyl groups is 1. The summed E-state index contributed by atoms with van der Waals surface area (Å²) in [4.78, 5) is 0.805. The van der Waals surface area contributed by atoms with E-state index in [0.717, 1.165) is 4.90 Å². The standard InChI is InChI=1S/C13H19FO3S/c1-10(7-16-2)17-8-12(15)9-18-13-5-3-4-11(14)6-13/h3-6,10,12,15H,7-9H2,1-2H3. The summed E-state index contributed by atoms with van der Waals surface area (Å²) < 4.78 is 23.2. The number of benzene rings is 1. The fraction of sp³-hybridized carbons (Fsp3) is 0.538. The molecule has 0 bridgehead atoms. The van der Waals surface area contributed by atoms with Gasteiger partial charge in [0.1, 0.15) is 5.82 Å². The molecule has 0 heterocycles. The van der Waals surface area contributed by atoms with Crippen LogP contribution in [0.15, 0.2) is 29.2 Å². The molecule has 1 rings (SSSR count). The minimum Gasteiger partial charge on any atom is -0.390 e. The second-order valence-corrected chi connectivity index (χ2v) is 5.11. The van der Waals surface area contributed by atoms with Crippen LogP contribution in [0.1, 0.15) is 6.92 Å². The average molecular weight is 274 g/mol. The average Bonchev–Trinajstić information content (AvgIpc) is 2.34. The summed E-state index contributed by atoms with van der Waals surface area (Å²) in [7, 11) is 1.61. The second-order valence-electron chi connectivity index (χ2n) is 4.02. The largest absolute Gasteiger partial charge is 0.390 e. The number of thioether (sulfide) groups is 1. The molecule has 0 saturated heterocycles. The van der Waals surface area contributed by atoms with Crippen LogP contribution in [0.25, 0.3) is 0 Å². The van der Waals surface area contributed by atoms with E-state index in [0.29, 0.717) is 12.4 Å². The van der Waals surface area contributed by atoms with E-state index in [1.165, 1.54) is 23.9 Å². The molecule has 2 atom stereocenters. The molecule has 102 valence electrons. The SMILES string of the molecule is COCC(C)OCC(O)CSc1cccc(F)c1. The first-order valence-electron chi connectivity index (χ1n) is 5.78. The fourth-order valence-electron chi connectivity index (χ4n) is 1.36. The van der Waals surface area contributed by atoms with E-state index in [4.69, 9.17) is 9.47 Å². The Balaban J connectivity index is 2.22. The number of methoxy groups -OCH3 is 1. The molecule has 5 heteroatoms. The lowest BCUT2D eigenvalue weighted by Gasteiger charge is -2.15. The van der Waals surface area contributed by atoms with Crippen LogP contribution in [0.3, 0.4) is 0 Å². The van der Waals surface area contributed by atoms with Crippen molar-refractivity contribution in [2.45, 2.75) is 24.0 Å². The molecule has 2 unspecified atom stereocenters. The third-order valence-corrected chi connectivity index (χ3v) is 3.35. The van der Waals surface area contributed by atoms with Crippen LogP contribution in [0.2, 0.25) is 0 Å². The molecule has 0 aliphatic heterocycles. The van der Waals surface area contributed by atoms with Gasteiger partial charge in [0.25, 0.3) is 0 Å². The predicted octanol–water partition coefficient (Wildman–Crippen LogP) is 2.33. The highest BCUT2D eigenvalue weighted by Crippen LogP contribution is 2.19. The Morgan fingerprint density at radius 2 is 2.17 bits per heavy atom. The molecule has 3 nitrogen and oxygen atoms in total. The molecule has 1 aromatic carbocycles. The van der Waals surface area contributed by atoms with Crippen molar-refractivity contribution in [3.8, 4) is 0 Å².